The normalized spacial score (nSPS) is 9.68. The Kier molecular flexibility index (Phi) is 3.89. The summed E-state index contributed by atoms with van der Waals surface area (Å²) >= 11 is 0. The van der Waals surface area contributed by atoms with Crippen molar-refractivity contribution in [3.05, 3.63) is 53.6 Å². The maximum Gasteiger partial charge on any atom is 0.123 e. The average molecular weight is 253 g/mol. The van der Waals surface area contributed by atoms with Gasteiger partial charge in [0, 0.05) is 17.8 Å². The second kappa shape index (κ2) is 5.78. The monoisotopic (exact) mass is 253 g/mol. The molecular formula is C15H15N3O. The van der Waals surface area contributed by atoms with E-state index in [9.17, 15) is 0 Å². The molecule has 4 nitrogen and oxygen atoms in total. The number of hydrogen-bond acceptors (Lipinski definition) is 4. The number of nitrogens with two attached hydrogens (primary N) is 1. The summed E-state index contributed by atoms with van der Waals surface area (Å²) in [6.07, 6.45) is 0. The lowest BCUT2D eigenvalue weighted by Gasteiger charge is -2.11. The number of nitrogen functional groups attached to an aromatic ring is 1. The standard InChI is InChI=1S/C15H15N3O/c1-19-15-5-3-2-4-12(15)10-18-13-7-6-11(9-16)14(17)8-13/h2-8,18H,10,17H2,1H3. The number of ether oxygens (including phenoxy) is 1. The SMILES string of the molecule is COc1ccccc1CNc1ccc(C#N)c(N)c1. The first kappa shape index (κ1) is 12.8. The van der Waals surface area contributed by atoms with E-state index >= 15 is 0 Å². The predicted octanol–water partition coefficient (Wildman–Crippen LogP) is 2.76. The van der Waals surface area contributed by atoms with E-state index in [1.165, 1.54) is 0 Å². The molecule has 0 aliphatic carbocycles. The number of hydrogen-bond donors (Lipinski definition) is 2. The Hall–Kier alpha value is -2.67. The van der Waals surface area contributed by atoms with Crippen molar-refractivity contribution in [2.24, 2.45) is 0 Å². The second-order valence-electron chi connectivity index (χ2n) is 4.08. The molecule has 3 N–H and O–H groups in total. The quantitative estimate of drug-likeness (QED) is 0.822. The molecule has 2 aromatic rings. The van der Waals surface area contributed by atoms with Crippen molar-refractivity contribution in [2.75, 3.05) is 18.2 Å². The van der Waals surface area contributed by atoms with Crippen molar-refractivity contribution >= 4 is 11.4 Å². The first-order chi connectivity index (χ1) is 9.24. The smallest absolute Gasteiger partial charge is 0.123 e. The summed E-state index contributed by atoms with van der Waals surface area (Å²) in [5, 5.41) is 12.1. The molecule has 0 bridgehead atoms. The summed E-state index contributed by atoms with van der Waals surface area (Å²) in [6.45, 7) is 0.634. The molecule has 0 aromatic heterocycles. The minimum Gasteiger partial charge on any atom is -0.496 e. The molecule has 0 radical (unpaired) electrons. The maximum atomic E-state index is 8.82. The van der Waals surface area contributed by atoms with Crippen LogP contribution in [0.3, 0.4) is 0 Å². The number of rotatable bonds is 4. The van der Waals surface area contributed by atoms with Crippen LogP contribution in [0.4, 0.5) is 11.4 Å². The number of nitrogens with one attached hydrogen (secondary N) is 1. The number of nitrogens with zero attached hydrogens (tertiary/aromatic N) is 1. The fraction of sp³-hybridized carbons (Fsp3) is 0.133. The van der Waals surface area contributed by atoms with Gasteiger partial charge in [0.15, 0.2) is 0 Å². The van der Waals surface area contributed by atoms with E-state index < -0.39 is 0 Å². The van der Waals surface area contributed by atoms with Gasteiger partial charge in [0.25, 0.3) is 0 Å². The molecule has 0 spiro atoms. The molecule has 19 heavy (non-hydrogen) atoms. The van der Waals surface area contributed by atoms with Gasteiger partial charge in [-0.2, -0.15) is 5.26 Å². The van der Waals surface area contributed by atoms with Crippen molar-refractivity contribution in [3.8, 4) is 11.8 Å². The van der Waals surface area contributed by atoms with Gasteiger partial charge >= 0.3 is 0 Å². The molecule has 4 heteroatoms. The van der Waals surface area contributed by atoms with Crippen molar-refractivity contribution < 1.29 is 4.74 Å². The molecule has 0 heterocycles. The van der Waals surface area contributed by atoms with Crippen LogP contribution in [-0.4, -0.2) is 7.11 Å². The third-order valence-corrected chi connectivity index (χ3v) is 2.85. The summed E-state index contributed by atoms with van der Waals surface area (Å²) in [4.78, 5) is 0. The lowest BCUT2D eigenvalue weighted by Crippen LogP contribution is -2.02. The van der Waals surface area contributed by atoms with Crippen LogP contribution in [0, 0.1) is 11.3 Å². The molecule has 0 aliphatic rings. The lowest BCUT2D eigenvalue weighted by molar-refractivity contribution is 0.410. The third kappa shape index (κ3) is 2.96. The Morgan fingerprint density at radius 2 is 2.05 bits per heavy atom. The maximum absolute atomic E-state index is 8.82. The highest BCUT2D eigenvalue weighted by molar-refractivity contribution is 5.62. The molecule has 0 amide bonds. The second-order valence-corrected chi connectivity index (χ2v) is 4.08. The zero-order chi connectivity index (χ0) is 13.7. The van der Waals surface area contributed by atoms with Crippen LogP contribution < -0.4 is 15.8 Å². The van der Waals surface area contributed by atoms with Crippen LogP contribution >= 0.6 is 0 Å². The van der Waals surface area contributed by atoms with Gasteiger partial charge in [-0.15, -0.1) is 0 Å². The van der Waals surface area contributed by atoms with Crippen molar-refractivity contribution in [1.82, 2.24) is 0 Å². The zero-order valence-electron chi connectivity index (χ0n) is 10.7. The molecule has 0 saturated heterocycles. The van der Waals surface area contributed by atoms with Crippen LogP contribution in [0.25, 0.3) is 0 Å². The number of para-hydroxylation sites is 1. The minimum atomic E-state index is 0.479. The van der Waals surface area contributed by atoms with Gasteiger partial charge in [-0.25, -0.2) is 0 Å². The minimum absolute atomic E-state index is 0.479. The molecule has 0 aliphatic heterocycles. The first-order valence-corrected chi connectivity index (χ1v) is 5.90. The summed E-state index contributed by atoms with van der Waals surface area (Å²) in [5.41, 5.74) is 8.68. The average Bonchev–Trinajstić information content (AvgIpc) is 2.45. The highest BCUT2D eigenvalue weighted by Crippen LogP contribution is 2.21. The Bertz CT molecular complexity index is 617. The highest BCUT2D eigenvalue weighted by atomic mass is 16.5. The van der Waals surface area contributed by atoms with Gasteiger partial charge in [0.1, 0.15) is 11.8 Å². The molecule has 0 fully saturated rings. The molecular weight excluding hydrogens is 238 g/mol. The lowest BCUT2D eigenvalue weighted by atomic mass is 10.1. The van der Waals surface area contributed by atoms with Crippen LogP contribution in [0.15, 0.2) is 42.5 Å². The van der Waals surface area contributed by atoms with E-state index in [0.29, 0.717) is 17.8 Å². The Morgan fingerprint density at radius 1 is 1.26 bits per heavy atom. The summed E-state index contributed by atoms with van der Waals surface area (Å²) in [7, 11) is 1.65. The highest BCUT2D eigenvalue weighted by Gasteiger charge is 2.03. The van der Waals surface area contributed by atoms with E-state index in [2.05, 4.69) is 5.32 Å². The number of methoxy groups -OCH3 is 1. The number of nitriles is 1. The van der Waals surface area contributed by atoms with Crippen LogP contribution in [0.5, 0.6) is 5.75 Å². The number of anilines is 2. The molecule has 2 rings (SSSR count). The summed E-state index contributed by atoms with van der Waals surface area (Å²) < 4.78 is 5.29. The van der Waals surface area contributed by atoms with Crippen LogP contribution in [-0.2, 0) is 6.54 Å². The molecule has 2 aromatic carbocycles. The topological polar surface area (TPSA) is 71.1 Å². The third-order valence-electron chi connectivity index (χ3n) is 2.85. The fourth-order valence-corrected chi connectivity index (χ4v) is 1.82. The van der Waals surface area contributed by atoms with Crippen LogP contribution in [0.2, 0.25) is 0 Å². The van der Waals surface area contributed by atoms with Gasteiger partial charge in [0.2, 0.25) is 0 Å². The largest absolute Gasteiger partial charge is 0.496 e. The fourth-order valence-electron chi connectivity index (χ4n) is 1.82. The van der Waals surface area contributed by atoms with Crippen LogP contribution in [0.1, 0.15) is 11.1 Å². The Morgan fingerprint density at radius 3 is 2.74 bits per heavy atom. The van der Waals surface area contributed by atoms with E-state index in [4.69, 9.17) is 15.7 Å². The number of benzene rings is 2. The molecule has 0 atom stereocenters. The van der Waals surface area contributed by atoms with Gasteiger partial charge in [-0.1, -0.05) is 18.2 Å². The predicted molar refractivity (Wildman–Crippen MR) is 75.9 cm³/mol. The van der Waals surface area contributed by atoms with Crippen molar-refractivity contribution in [2.45, 2.75) is 6.54 Å². The molecule has 96 valence electrons. The van der Waals surface area contributed by atoms with E-state index in [1.807, 2.05) is 36.4 Å². The van der Waals surface area contributed by atoms with Gasteiger partial charge < -0.3 is 15.8 Å². The summed E-state index contributed by atoms with van der Waals surface area (Å²) in [6, 6.07) is 15.2. The van der Waals surface area contributed by atoms with Gasteiger partial charge in [-0.3, -0.25) is 0 Å². The van der Waals surface area contributed by atoms with Gasteiger partial charge in [-0.05, 0) is 24.3 Å². The van der Waals surface area contributed by atoms with Gasteiger partial charge in [0.05, 0.1) is 18.4 Å². The molecule has 0 saturated carbocycles. The first-order valence-electron chi connectivity index (χ1n) is 5.90. The van der Waals surface area contributed by atoms with Crippen molar-refractivity contribution in [1.29, 1.82) is 5.26 Å². The Labute approximate surface area is 112 Å². The Balaban J connectivity index is 2.11. The van der Waals surface area contributed by atoms with E-state index in [-0.39, 0.29) is 0 Å². The van der Waals surface area contributed by atoms with Crippen molar-refractivity contribution in [3.63, 3.8) is 0 Å². The molecule has 0 unspecified atom stereocenters. The zero-order valence-corrected chi connectivity index (χ0v) is 10.7. The van der Waals surface area contributed by atoms with E-state index in [1.54, 1.807) is 19.2 Å². The summed E-state index contributed by atoms with van der Waals surface area (Å²) in [5.74, 6) is 0.844. The van der Waals surface area contributed by atoms with E-state index in [0.717, 1.165) is 17.0 Å².